The first-order valence-electron chi connectivity index (χ1n) is 20.2. The highest BCUT2D eigenvalue weighted by atomic mass is 19.4. The van der Waals surface area contributed by atoms with Crippen molar-refractivity contribution >= 4 is 60.7 Å². The number of nitrogens with zero attached hydrogens (tertiary/aromatic N) is 7. The lowest BCUT2D eigenvalue weighted by Crippen LogP contribution is -2.10. The summed E-state index contributed by atoms with van der Waals surface area (Å²) < 4.78 is 49.5. The molecule has 8 aromatic carbocycles. The van der Waals surface area contributed by atoms with Gasteiger partial charge in [-0.1, -0.05) is 97.1 Å². The van der Waals surface area contributed by atoms with Crippen LogP contribution in [0.1, 0.15) is 22.3 Å². The van der Waals surface area contributed by atoms with Crippen LogP contribution in [-0.2, 0) is 6.18 Å². The Balaban J connectivity index is 1.36. The van der Waals surface area contributed by atoms with E-state index in [4.69, 9.17) is 19.7 Å². The van der Waals surface area contributed by atoms with Gasteiger partial charge in [-0.15, -0.1) is 0 Å². The summed E-state index contributed by atoms with van der Waals surface area (Å²) in [7, 11) is 0. The SMILES string of the molecule is [C-]#[N+]c1ccc(-c2ccc3c4ccccc4n(-c4c(-c5c(C)cccc5C(F)(F)F)ccc(-n5c6ccccc6c6ccc(-c7ccc(C#N)cc7[N+]#[C-])cc65)c4[N+]#[C-])c3c2)c(C#N)c1. The van der Waals surface area contributed by atoms with Crippen LogP contribution in [0.4, 0.5) is 30.2 Å². The molecule has 304 valence electrons. The maximum absolute atomic E-state index is 15.2. The molecular weight excluding hydrogens is 816 g/mol. The van der Waals surface area contributed by atoms with Crippen LogP contribution < -0.4 is 0 Å². The summed E-state index contributed by atoms with van der Waals surface area (Å²) in [5, 5.41) is 23.1. The van der Waals surface area contributed by atoms with Gasteiger partial charge in [-0.05, 0) is 100 Å². The summed E-state index contributed by atoms with van der Waals surface area (Å²) in [5.41, 5.74) is 6.82. The van der Waals surface area contributed by atoms with Crippen molar-refractivity contribution in [3.63, 3.8) is 0 Å². The van der Waals surface area contributed by atoms with Crippen LogP contribution in [0.5, 0.6) is 0 Å². The van der Waals surface area contributed by atoms with E-state index in [1.807, 2.05) is 94.1 Å². The van der Waals surface area contributed by atoms with Crippen molar-refractivity contribution in [1.29, 1.82) is 10.5 Å². The molecule has 65 heavy (non-hydrogen) atoms. The van der Waals surface area contributed by atoms with Crippen LogP contribution in [0.3, 0.4) is 0 Å². The van der Waals surface area contributed by atoms with Crippen LogP contribution in [0.15, 0.2) is 152 Å². The summed E-state index contributed by atoms with van der Waals surface area (Å²) in [6.45, 7) is 26.1. The Morgan fingerprint density at radius 1 is 0.538 bits per heavy atom. The van der Waals surface area contributed by atoms with E-state index in [2.05, 4.69) is 26.7 Å². The molecule has 0 aliphatic rings. The fraction of sp³-hybridized carbons (Fsp3) is 0.0364. The van der Waals surface area contributed by atoms with Gasteiger partial charge < -0.3 is 9.13 Å². The minimum absolute atomic E-state index is 0.0629. The number of aryl methyl sites for hydroxylation is 1. The third-order valence-corrected chi connectivity index (χ3v) is 12.0. The van der Waals surface area contributed by atoms with Crippen molar-refractivity contribution < 1.29 is 13.2 Å². The molecule has 2 heterocycles. The van der Waals surface area contributed by atoms with E-state index in [0.717, 1.165) is 33.1 Å². The van der Waals surface area contributed by atoms with Gasteiger partial charge in [-0.25, -0.2) is 14.5 Å². The van der Waals surface area contributed by atoms with E-state index in [9.17, 15) is 10.5 Å². The average Bonchev–Trinajstić information content (AvgIpc) is 3.84. The molecule has 2 aromatic heterocycles. The number of benzene rings is 8. The second-order valence-corrected chi connectivity index (χ2v) is 15.5. The predicted molar refractivity (Wildman–Crippen MR) is 249 cm³/mol. The molecule has 0 amide bonds. The maximum Gasteiger partial charge on any atom is 0.417 e. The lowest BCUT2D eigenvalue weighted by atomic mass is 9.92. The highest BCUT2D eigenvalue weighted by Gasteiger charge is 2.36. The molecule has 0 unspecified atom stereocenters. The van der Waals surface area contributed by atoms with Crippen LogP contribution >= 0.6 is 0 Å². The summed E-state index contributed by atoms with van der Waals surface area (Å²) >= 11 is 0. The average molecular weight is 844 g/mol. The van der Waals surface area contributed by atoms with Gasteiger partial charge in [0.05, 0.1) is 70.9 Å². The summed E-state index contributed by atoms with van der Waals surface area (Å²) in [6, 6.07) is 48.4. The number of nitriles is 2. The molecule has 0 radical (unpaired) electrons. The molecule has 0 fully saturated rings. The second-order valence-electron chi connectivity index (χ2n) is 15.5. The van der Waals surface area contributed by atoms with E-state index >= 15 is 13.2 Å². The lowest BCUT2D eigenvalue weighted by molar-refractivity contribution is -0.137. The fourth-order valence-corrected chi connectivity index (χ4v) is 9.21. The van der Waals surface area contributed by atoms with Crippen LogP contribution in [0.25, 0.3) is 103 Å². The van der Waals surface area contributed by atoms with Crippen LogP contribution in [0.2, 0.25) is 0 Å². The van der Waals surface area contributed by atoms with Crippen molar-refractivity contribution in [3.05, 3.63) is 208 Å². The molecule has 0 spiro atoms. The second kappa shape index (κ2) is 15.2. The van der Waals surface area contributed by atoms with Crippen molar-refractivity contribution in [2.45, 2.75) is 13.1 Å². The Morgan fingerprint density at radius 3 is 1.78 bits per heavy atom. The predicted octanol–water partition coefficient (Wildman–Crippen LogP) is 15.6. The maximum atomic E-state index is 15.2. The first-order valence-corrected chi connectivity index (χ1v) is 20.2. The molecule has 0 atom stereocenters. The standard InChI is InChI=1S/C55H28F3N7/c1-32-10-9-13-45(55(56,57)58)52(32)44-24-25-49(64-47-14-7-5-11-40(47)42-22-18-35(29-50(42)64)39-20-16-33(30-59)26-46(39)62-3)53(63-4)54(44)65-48-15-8-6-12-41(48)43-21-17-34(28-51(43)65)38-23-19-37(61-2)27-36(38)31-60/h5-29H,1H3. The number of fused-ring (bicyclic) bond motifs is 6. The number of rotatable bonds is 5. The highest BCUT2D eigenvalue weighted by Crippen LogP contribution is 2.49. The van der Waals surface area contributed by atoms with Gasteiger partial charge in [-0.3, -0.25) is 0 Å². The summed E-state index contributed by atoms with van der Waals surface area (Å²) in [5.74, 6) is 0. The smallest absolute Gasteiger partial charge is 0.319 e. The molecule has 0 aliphatic heterocycles. The lowest BCUT2D eigenvalue weighted by Gasteiger charge is -2.23. The Labute approximate surface area is 370 Å². The number of halogens is 3. The first-order chi connectivity index (χ1) is 31.6. The molecule has 0 saturated carbocycles. The highest BCUT2D eigenvalue weighted by molar-refractivity contribution is 6.14. The monoisotopic (exact) mass is 843 g/mol. The largest absolute Gasteiger partial charge is 0.417 e. The molecule has 10 aromatic rings. The Hall–Kier alpha value is -9.40. The zero-order chi connectivity index (χ0) is 45.1. The third-order valence-electron chi connectivity index (χ3n) is 12.0. The quantitative estimate of drug-likeness (QED) is 0.162. The van der Waals surface area contributed by atoms with Crippen LogP contribution in [0, 0.1) is 49.3 Å². The van der Waals surface area contributed by atoms with Gasteiger partial charge in [0, 0.05) is 32.7 Å². The van der Waals surface area contributed by atoms with E-state index in [-0.39, 0.29) is 28.1 Å². The van der Waals surface area contributed by atoms with Crippen molar-refractivity contribution in [2.24, 2.45) is 0 Å². The number of aromatic nitrogens is 2. The van der Waals surface area contributed by atoms with Crippen molar-refractivity contribution in [2.75, 3.05) is 0 Å². The molecule has 10 heteroatoms. The van der Waals surface area contributed by atoms with Crippen LogP contribution in [-0.4, -0.2) is 9.13 Å². The molecule has 0 N–H and O–H groups in total. The van der Waals surface area contributed by atoms with Gasteiger partial charge in [0.2, 0.25) is 5.69 Å². The fourth-order valence-electron chi connectivity index (χ4n) is 9.21. The molecule has 7 nitrogen and oxygen atoms in total. The topological polar surface area (TPSA) is 70.5 Å². The van der Waals surface area contributed by atoms with E-state index in [0.29, 0.717) is 67.0 Å². The minimum atomic E-state index is -4.74. The van der Waals surface area contributed by atoms with Gasteiger partial charge in [-0.2, -0.15) is 23.7 Å². The van der Waals surface area contributed by atoms with Gasteiger partial charge in [0.25, 0.3) is 0 Å². The van der Waals surface area contributed by atoms with Crippen molar-refractivity contribution in [3.8, 4) is 56.9 Å². The van der Waals surface area contributed by atoms with E-state index in [1.54, 1.807) is 55.5 Å². The number of alkyl halides is 3. The first kappa shape index (κ1) is 39.7. The van der Waals surface area contributed by atoms with E-state index in [1.165, 1.54) is 12.1 Å². The number of para-hydroxylation sites is 2. The summed E-state index contributed by atoms with van der Waals surface area (Å²) in [4.78, 5) is 11.5. The van der Waals surface area contributed by atoms with E-state index < -0.39 is 11.7 Å². The number of hydrogen-bond acceptors (Lipinski definition) is 2. The molecule has 10 rings (SSSR count). The molecule has 0 bridgehead atoms. The Kier molecular flexibility index (Phi) is 9.29. The van der Waals surface area contributed by atoms with Gasteiger partial charge in [0.15, 0.2) is 11.4 Å². The van der Waals surface area contributed by atoms with Gasteiger partial charge in [0.1, 0.15) is 0 Å². The number of hydrogen-bond donors (Lipinski definition) is 0. The van der Waals surface area contributed by atoms with Crippen molar-refractivity contribution in [1.82, 2.24) is 9.13 Å². The summed E-state index contributed by atoms with van der Waals surface area (Å²) in [6.07, 6.45) is -4.74. The Bertz CT molecular complexity index is 3910. The Morgan fingerprint density at radius 2 is 1.15 bits per heavy atom. The zero-order valence-electron chi connectivity index (χ0n) is 34.2. The molecular formula is C55H28F3N7. The van der Waals surface area contributed by atoms with Gasteiger partial charge >= 0.3 is 6.18 Å². The third kappa shape index (κ3) is 6.24. The molecule has 0 saturated heterocycles. The minimum Gasteiger partial charge on any atom is -0.319 e. The normalized spacial score (nSPS) is 11.3. The zero-order valence-corrected chi connectivity index (χ0v) is 34.2. The molecule has 0 aliphatic carbocycles.